The molecule has 0 saturated heterocycles. The molecule has 1 N–H and O–H groups in total. The minimum absolute atomic E-state index is 0.328. The maximum absolute atomic E-state index is 12.4. The summed E-state index contributed by atoms with van der Waals surface area (Å²) in [5.74, 6) is 0.601. The van der Waals surface area contributed by atoms with E-state index in [-0.39, 0.29) is 5.91 Å². The highest BCUT2D eigenvalue weighted by Gasteiger charge is 2.10. The van der Waals surface area contributed by atoms with Gasteiger partial charge in [-0.25, -0.2) is 4.98 Å². The van der Waals surface area contributed by atoms with Gasteiger partial charge in [-0.05, 0) is 48.5 Å². The van der Waals surface area contributed by atoms with Crippen molar-refractivity contribution in [3.8, 4) is 17.2 Å². The van der Waals surface area contributed by atoms with Crippen molar-refractivity contribution in [2.24, 2.45) is 0 Å². The van der Waals surface area contributed by atoms with Crippen molar-refractivity contribution in [3.63, 3.8) is 0 Å². The smallest absolute Gasteiger partial charge is 0.248 e. The average molecular weight is 440 g/mol. The van der Waals surface area contributed by atoms with Crippen molar-refractivity contribution < 1.29 is 13.9 Å². The molecule has 0 radical (unpaired) electrons. The number of aromatic nitrogens is 2. The van der Waals surface area contributed by atoms with Crippen molar-refractivity contribution in [1.29, 1.82) is 0 Å². The summed E-state index contributed by atoms with van der Waals surface area (Å²) < 4.78 is 11.0. The van der Waals surface area contributed by atoms with Gasteiger partial charge in [0, 0.05) is 40.3 Å². The zero-order valence-electron chi connectivity index (χ0n) is 15.7. The quantitative estimate of drug-likeness (QED) is 0.394. The van der Waals surface area contributed by atoms with Gasteiger partial charge in [-0.15, -0.1) is 0 Å². The lowest BCUT2D eigenvalue weighted by atomic mass is 10.2. The molecule has 1 amide bonds. The molecule has 0 unspecified atom stereocenters. The van der Waals surface area contributed by atoms with E-state index in [1.807, 2.05) is 12.1 Å². The number of ether oxygens (including phenoxy) is 1. The zero-order chi connectivity index (χ0) is 21.1. The number of hydrogen-bond donors (Lipinski definition) is 1. The van der Waals surface area contributed by atoms with E-state index in [9.17, 15) is 4.79 Å². The summed E-state index contributed by atoms with van der Waals surface area (Å²) in [6.07, 6.45) is 6.30. The molecule has 6 nitrogen and oxygen atoms in total. The fraction of sp³-hybridized carbons (Fsp3) is 0.0455. The first-order valence-corrected chi connectivity index (χ1v) is 9.62. The molecule has 0 atom stereocenters. The van der Waals surface area contributed by atoms with Gasteiger partial charge in [0.2, 0.25) is 11.8 Å². The highest BCUT2D eigenvalue weighted by molar-refractivity contribution is 6.36. The largest absolute Gasteiger partial charge is 0.495 e. The van der Waals surface area contributed by atoms with Crippen LogP contribution in [0.3, 0.4) is 0 Å². The van der Waals surface area contributed by atoms with E-state index < -0.39 is 0 Å². The van der Waals surface area contributed by atoms with Gasteiger partial charge in [0.25, 0.3) is 0 Å². The minimum Gasteiger partial charge on any atom is -0.495 e. The van der Waals surface area contributed by atoms with Crippen LogP contribution < -0.4 is 10.1 Å². The molecule has 30 heavy (non-hydrogen) atoms. The predicted molar refractivity (Wildman–Crippen MR) is 118 cm³/mol. The highest BCUT2D eigenvalue weighted by Crippen LogP contribution is 2.33. The SMILES string of the molecule is COc1c(Cl)cc(Cl)cc1C=CC(=O)Nc1ccc2oc(-c3ccncc3)nc2c1. The van der Waals surface area contributed by atoms with E-state index in [4.69, 9.17) is 32.4 Å². The summed E-state index contributed by atoms with van der Waals surface area (Å²) in [5, 5.41) is 3.61. The van der Waals surface area contributed by atoms with Gasteiger partial charge in [0.15, 0.2) is 5.58 Å². The zero-order valence-corrected chi connectivity index (χ0v) is 17.2. The summed E-state index contributed by atoms with van der Waals surface area (Å²) in [6, 6.07) is 12.1. The Kier molecular flexibility index (Phi) is 5.70. The number of halogens is 2. The summed E-state index contributed by atoms with van der Waals surface area (Å²) in [6.45, 7) is 0. The third kappa shape index (κ3) is 4.30. The molecule has 0 bridgehead atoms. The van der Waals surface area contributed by atoms with Crippen LogP contribution in [0.15, 0.2) is 65.4 Å². The maximum atomic E-state index is 12.4. The second-order valence-corrected chi connectivity index (χ2v) is 7.11. The Morgan fingerprint density at radius 3 is 2.70 bits per heavy atom. The standard InChI is InChI=1S/C22H15Cl2N3O3/c1-29-21-14(10-15(23)11-17(21)24)2-5-20(28)26-16-3-4-19-18(12-16)27-22(30-19)13-6-8-25-9-7-13/h2-12H,1H3,(H,26,28). The van der Waals surface area contributed by atoms with E-state index in [0.29, 0.717) is 44.0 Å². The van der Waals surface area contributed by atoms with Crippen molar-refractivity contribution in [2.45, 2.75) is 0 Å². The number of carbonyl (C=O) groups is 1. The molecule has 2 aromatic heterocycles. The molecular formula is C22H15Cl2N3O3. The molecule has 4 aromatic rings. The lowest BCUT2D eigenvalue weighted by Gasteiger charge is -2.08. The first kappa shape index (κ1) is 19.9. The van der Waals surface area contributed by atoms with Crippen LogP contribution >= 0.6 is 23.2 Å². The molecule has 0 aliphatic rings. The second kappa shape index (κ2) is 8.57. The average Bonchev–Trinajstić information content (AvgIpc) is 3.16. The third-order valence-electron chi connectivity index (χ3n) is 4.24. The van der Waals surface area contributed by atoms with Gasteiger partial charge in [-0.1, -0.05) is 23.2 Å². The monoisotopic (exact) mass is 439 g/mol. The number of nitrogens with one attached hydrogen (secondary N) is 1. The van der Waals surface area contributed by atoms with Crippen molar-refractivity contribution in [3.05, 3.63) is 76.5 Å². The summed E-state index contributed by atoms with van der Waals surface area (Å²) >= 11 is 12.2. The number of carbonyl (C=O) groups excluding carboxylic acids is 1. The lowest BCUT2D eigenvalue weighted by molar-refractivity contribution is -0.111. The van der Waals surface area contributed by atoms with E-state index in [2.05, 4.69) is 15.3 Å². The number of rotatable bonds is 5. The second-order valence-electron chi connectivity index (χ2n) is 6.27. The number of amides is 1. The number of benzene rings is 2. The van der Waals surface area contributed by atoms with Crippen LogP contribution in [-0.2, 0) is 4.79 Å². The summed E-state index contributed by atoms with van der Waals surface area (Å²) in [7, 11) is 1.50. The number of nitrogens with zero attached hydrogens (tertiary/aromatic N) is 2. The molecule has 4 rings (SSSR count). The molecule has 0 fully saturated rings. The van der Waals surface area contributed by atoms with E-state index in [1.54, 1.807) is 48.8 Å². The lowest BCUT2D eigenvalue weighted by Crippen LogP contribution is -2.07. The minimum atomic E-state index is -0.328. The first-order valence-electron chi connectivity index (χ1n) is 8.86. The molecule has 150 valence electrons. The molecule has 2 aromatic carbocycles. The number of oxazole rings is 1. The Labute approximate surface area is 182 Å². The molecule has 0 aliphatic carbocycles. The van der Waals surface area contributed by atoms with Gasteiger partial charge in [0.05, 0.1) is 12.1 Å². The van der Waals surface area contributed by atoms with Crippen molar-refractivity contribution >= 4 is 52.0 Å². The highest BCUT2D eigenvalue weighted by atomic mass is 35.5. The van der Waals surface area contributed by atoms with E-state index in [1.165, 1.54) is 13.2 Å². The Morgan fingerprint density at radius 1 is 1.13 bits per heavy atom. The number of methoxy groups -OCH3 is 1. The van der Waals surface area contributed by atoms with Gasteiger partial charge in [-0.3, -0.25) is 9.78 Å². The number of pyridine rings is 1. The summed E-state index contributed by atoms with van der Waals surface area (Å²) in [5.41, 5.74) is 3.26. The van der Waals surface area contributed by atoms with E-state index in [0.717, 1.165) is 5.56 Å². The number of anilines is 1. The fourth-order valence-electron chi connectivity index (χ4n) is 2.89. The number of fused-ring (bicyclic) bond motifs is 1. The number of hydrogen-bond acceptors (Lipinski definition) is 5. The Morgan fingerprint density at radius 2 is 1.93 bits per heavy atom. The molecule has 2 heterocycles. The summed E-state index contributed by atoms with van der Waals surface area (Å²) in [4.78, 5) is 20.8. The fourth-order valence-corrected chi connectivity index (χ4v) is 3.48. The first-order chi connectivity index (χ1) is 14.5. The van der Waals surface area contributed by atoms with Crippen LogP contribution in [0.1, 0.15) is 5.56 Å². The maximum Gasteiger partial charge on any atom is 0.248 e. The topological polar surface area (TPSA) is 77.2 Å². The molecular weight excluding hydrogens is 425 g/mol. The van der Waals surface area contributed by atoms with Gasteiger partial charge >= 0.3 is 0 Å². The Hall–Kier alpha value is -3.35. The van der Waals surface area contributed by atoms with Crippen LogP contribution in [0.25, 0.3) is 28.6 Å². The molecule has 0 spiro atoms. The Bertz CT molecular complexity index is 1250. The van der Waals surface area contributed by atoms with Crippen LogP contribution in [0, 0.1) is 0 Å². The molecule has 0 aliphatic heterocycles. The normalized spacial score (nSPS) is 11.2. The molecule has 8 heteroatoms. The van der Waals surface area contributed by atoms with Gasteiger partial charge < -0.3 is 14.5 Å². The van der Waals surface area contributed by atoms with E-state index >= 15 is 0 Å². The van der Waals surface area contributed by atoms with Gasteiger partial charge in [0.1, 0.15) is 11.3 Å². The molecule has 0 saturated carbocycles. The van der Waals surface area contributed by atoms with Crippen molar-refractivity contribution in [1.82, 2.24) is 9.97 Å². The predicted octanol–water partition coefficient (Wildman–Crippen LogP) is 5.86. The van der Waals surface area contributed by atoms with Crippen molar-refractivity contribution in [2.75, 3.05) is 12.4 Å². The van der Waals surface area contributed by atoms with Crippen LogP contribution in [-0.4, -0.2) is 23.0 Å². The Balaban J connectivity index is 1.53. The third-order valence-corrected chi connectivity index (χ3v) is 4.74. The van der Waals surface area contributed by atoms with Crippen LogP contribution in [0.5, 0.6) is 5.75 Å². The van der Waals surface area contributed by atoms with Gasteiger partial charge in [-0.2, -0.15) is 0 Å². The van der Waals surface area contributed by atoms with Crippen LogP contribution in [0.2, 0.25) is 10.0 Å². The van der Waals surface area contributed by atoms with Crippen LogP contribution in [0.4, 0.5) is 5.69 Å².